The molecule has 0 rings (SSSR count). The van der Waals surface area contributed by atoms with Gasteiger partial charge in [-0.15, -0.1) is 0 Å². The topological polar surface area (TPSA) is 194 Å². The van der Waals surface area contributed by atoms with Crippen LogP contribution in [0.25, 0.3) is 0 Å². The van der Waals surface area contributed by atoms with Gasteiger partial charge in [-0.25, -0.2) is 4.79 Å². The molecular formula is C18H33N5O6. The number of hydrogen-bond acceptors (Lipinski definition) is 6. The Bertz CT molecular complexity index is 624. The summed E-state index contributed by atoms with van der Waals surface area (Å²) in [5, 5.41) is 16.4. The Morgan fingerprint density at radius 1 is 0.897 bits per heavy atom. The van der Waals surface area contributed by atoms with E-state index in [4.69, 9.17) is 16.6 Å². The van der Waals surface area contributed by atoms with Gasteiger partial charge >= 0.3 is 5.97 Å². The first kappa shape index (κ1) is 26.3. The van der Waals surface area contributed by atoms with Crippen LogP contribution in [0.5, 0.6) is 0 Å². The molecule has 0 saturated carbocycles. The molecule has 0 heterocycles. The van der Waals surface area contributed by atoms with Crippen molar-refractivity contribution in [3.63, 3.8) is 0 Å². The summed E-state index contributed by atoms with van der Waals surface area (Å²) in [6, 6.07) is -4.33. The third-order valence-corrected chi connectivity index (χ3v) is 4.59. The van der Waals surface area contributed by atoms with E-state index in [-0.39, 0.29) is 11.8 Å². The predicted octanol–water partition coefficient (Wildman–Crippen LogP) is -1.55. The lowest BCUT2D eigenvalue weighted by molar-refractivity contribution is -0.144. The number of rotatable bonds is 12. The van der Waals surface area contributed by atoms with E-state index in [1.165, 1.54) is 6.92 Å². The summed E-state index contributed by atoms with van der Waals surface area (Å²) >= 11 is 0. The summed E-state index contributed by atoms with van der Waals surface area (Å²) in [4.78, 5) is 59.3. The first-order chi connectivity index (χ1) is 13.3. The van der Waals surface area contributed by atoms with E-state index < -0.39 is 60.2 Å². The first-order valence-corrected chi connectivity index (χ1v) is 9.49. The SMILES string of the molecule is CCC(C)C(NC(=O)C(C)NC(=O)C(N)C(C)C)C(=O)NC(CC(N)=O)C(=O)O. The minimum atomic E-state index is -1.51. The Kier molecular flexibility index (Phi) is 10.9. The lowest BCUT2D eigenvalue weighted by atomic mass is 9.97. The highest BCUT2D eigenvalue weighted by Crippen LogP contribution is 2.09. The molecule has 166 valence electrons. The van der Waals surface area contributed by atoms with Crippen LogP contribution in [-0.2, 0) is 24.0 Å². The van der Waals surface area contributed by atoms with Crippen LogP contribution >= 0.6 is 0 Å². The zero-order valence-corrected chi connectivity index (χ0v) is 17.5. The fraction of sp³-hybridized carbons (Fsp3) is 0.722. The molecule has 11 heteroatoms. The van der Waals surface area contributed by atoms with Gasteiger partial charge in [0, 0.05) is 0 Å². The molecule has 8 N–H and O–H groups in total. The van der Waals surface area contributed by atoms with Crippen molar-refractivity contribution in [3.05, 3.63) is 0 Å². The van der Waals surface area contributed by atoms with Crippen LogP contribution in [-0.4, -0.2) is 58.9 Å². The van der Waals surface area contributed by atoms with E-state index >= 15 is 0 Å². The first-order valence-electron chi connectivity index (χ1n) is 9.49. The molecule has 0 radical (unpaired) electrons. The average Bonchev–Trinajstić information content (AvgIpc) is 2.62. The van der Waals surface area contributed by atoms with Crippen molar-refractivity contribution in [2.24, 2.45) is 23.3 Å². The zero-order valence-electron chi connectivity index (χ0n) is 17.5. The highest BCUT2D eigenvalue weighted by molar-refractivity contribution is 5.94. The number of carboxylic acids is 1. The predicted molar refractivity (Wildman–Crippen MR) is 105 cm³/mol. The zero-order chi connectivity index (χ0) is 22.9. The van der Waals surface area contributed by atoms with Crippen LogP contribution in [0.15, 0.2) is 0 Å². The second-order valence-electron chi connectivity index (χ2n) is 7.44. The second kappa shape index (κ2) is 12.0. The number of hydrogen-bond donors (Lipinski definition) is 6. The van der Waals surface area contributed by atoms with Crippen LogP contribution in [0, 0.1) is 11.8 Å². The lowest BCUT2D eigenvalue weighted by Crippen LogP contribution is -2.58. The third-order valence-electron chi connectivity index (χ3n) is 4.59. The van der Waals surface area contributed by atoms with Gasteiger partial charge in [0.05, 0.1) is 12.5 Å². The monoisotopic (exact) mass is 415 g/mol. The van der Waals surface area contributed by atoms with E-state index in [1.807, 2.05) is 0 Å². The van der Waals surface area contributed by atoms with Crippen LogP contribution < -0.4 is 27.4 Å². The smallest absolute Gasteiger partial charge is 0.326 e. The van der Waals surface area contributed by atoms with Gasteiger partial charge in [0.25, 0.3) is 0 Å². The Labute approximate surface area is 170 Å². The fourth-order valence-electron chi connectivity index (χ4n) is 2.32. The number of carboxylic acid groups (broad SMARTS) is 1. The fourth-order valence-corrected chi connectivity index (χ4v) is 2.32. The molecule has 0 aliphatic rings. The van der Waals surface area contributed by atoms with Crippen molar-refractivity contribution in [2.75, 3.05) is 0 Å². The van der Waals surface area contributed by atoms with E-state index in [9.17, 15) is 24.0 Å². The van der Waals surface area contributed by atoms with Gasteiger partial charge in [0.2, 0.25) is 23.6 Å². The van der Waals surface area contributed by atoms with Gasteiger partial charge in [-0.1, -0.05) is 34.1 Å². The van der Waals surface area contributed by atoms with Gasteiger partial charge < -0.3 is 32.5 Å². The van der Waals surface area contributed by atoms with Crippen molar-refractivity contribution in [2.45, 2.75) is 71.6 Å². The maximum atomic E-state index is 12.6. The molecule has 11 nitrogen and oxygen atoms in total. The standard InChI is InChI=1S/C18H33N5O6/c1-6-9(4)14(17(27)22-11(18(28)29)7-12(19)24)23-15(25)10(5)21-16(26)13(20)8(2)3/h8-11,13-14H,6-7,20H2,1-5H3,(H2,19,24)(H,21,26)(H,22,27)(H,23,25)(H,28,29). The quantitative estimate of drug-likeness (QED) is 0.222. The van der Waals surface area contributed by atoms with Gasteiger partial charge in [-0.2, -0.15) is 0 Å². The number of amides is 4. The molecule has 0 spiro atoms. The highest BCUT2D eigenvalue weighted by atomic mass is 16.4. The number of primary amides is 1. The van der Waals surface area contributed by atoms with Crippen LogP contribution in [0.4, 0.5) is 0 Å². The molecule has 0 aromatic heterocycles. The van der Waals surface area contributed by atoms with Crippen molar-refractivity contribution < 1.29 is 29.1 Å². The van der Waals surface area contributed by atoms with Crippen molar-refractivity contribution in [1.82, 2.24) is 16.0 Å². The summed E-state index contributed by atoms with van der Waals surface area (Å²) in [5.41, 5.74) is 10.8. The van der Waals surface area contributed by atoms with Gasteiger partial charge in [0.15, 0.2) is 0 Å². The lowest BCUT2D eigenvalue weighted by Gasteiger charge is -2.27. The Balaban J connectivity index is 5.21. The maximum absolute atomic E-state index is 12.6. The number of nitrogens with one attached hydrogen (secondary N) is 3. The number of carbonyl (C=O) groups is 5. The molecule has 0 fully saturated rings. The number of nitrogens with two attached hydrogens (primary N) is 2. The second-order valence-corrected chi connectivity index (χ2v) is 7.44. The maximum Gasteiger partial charge on any atom is 0.326 e. The van der Waals surface area contributed by atoms with Crippen molar-refractivity contribution in [1.29, 1.82) is 0 Å². The van der Waals surface area contributed by atoms with Crippen molar-refractivity contribution in [3.8, 4) is 0 Å². The van der Waals surface area contributed by atoms with Crippen molar-refractivity contribution >= 4 is 29.6 Å². The number of aliphatic carboxylic acids is 1. The molecule has 0 aromatic rings. The van der Waals surface area contributed by atoms with E-state index in [1.54, 1.807) is 27.7 Å². The van der Waals surface area contributed by atoms with E-state index in [0.717, 1.165) is 0 Å². The minimum Gasteiger partial charge on any atom is -0.480 e. The Hall–Kier alpha value is -2.69. The van der Waals surface area contributed by atoms with E-state index in [0.29, 0.717) is 6.42 Å². The summed E-state index contributed by atoms with van der Waals surface area (Å²) in [5.74, 6) is -4.67. The molecule has 0 saturated heterocycles. The molecule has 0 aliphatic heterocycles. The van der Waals surface area contributed by atoms with Gasteiger partial charge in [0.1, 0.15) is 18.1 Å². The molecule has 4 amide bonds. The molecule has 5 unspecified atom stereocenters. The van der Waals surface area contributed by atoms with Gasteiger partial charge in [-0.05, 0) is 18.8 Å². The van der Waals surface area contributed by atoms with Crippen LogP contribution in [0.1, 0.15) is 47.5 Å². The normalized spacial score (nSPS) is 16.1. The molecule has 0 aliphatic carbocycles. The summed E-state index contributed by atoms with van der Waals surface area (Å²) in [6.45, 7) is 8.47. The van der Waals surface area contributed by atoms with Crippen LogP contribution in [0.2, 0.25) is 0 Å². The molecular weight excluding hydrogens is 382 g/mol. The minimum absolute atomic E-state index is 0.123. The van der Waals surface area contributed by atoms with E-state index in [2.05, 4.69) is 16.0 Å². The van der Waals surface area contributed by atoms with Gasteiger partial charge in [-0.3, -0.25) is 19.2 Å². The average molecular weight is 415 g/mol. The summed E-state index contributed by atoms with van der Waals surface area (Å²) in [7, 11) is 0. The number of carbonyl (C=O) groups excluding carboxylic acids is 4. The summed E-state index contributed by atoms with van der Waals surface area (Å²) in [6.07, 6.45) is -0.0767. The third kappa shape index (κ3) is 8.90. The highest BCUT2D eigenvalue weighted by Gasteiger charge is 2.32. The Morgan fingerprint density at radius 3 is 1.86 bits per heavy atom. The Morgan fingerprint density at radius 2 is 1.45 bits per heavy atom. The molecule has 0 bridgehead atoms. The largest absolute Gasteiger partial charge is 0.480 e. The van der Waals surface area contributed by atoms with Crippen LogP contribution in [0.3, 0.4) is 0 Å². The molecule has 5 atom stereocenters. The molecule has 29 heavy (non-hydrogen) atoms. The summed E-state index contributed by atoms with van der Waals surface area (Å²) < 4.78 is 0. The molecule has 0 aromatic carbocycles.